The van der Waals surface area contributed by atoms with E-state index < -0.39 is 0 Å². The van der Waals surface area contributed by atoms with Crippen molar-refractivity contribution in [1.29, 1.82) is 0 Å². The molecule has 5 heteroatoms. The van der Waals surface area contributed by atoms with E-state index >= 15 is 0 Å². The zero-order chi connectivity index (χ0) is 12.7. The van der Waals surface area contributed by atoms with Gasteiger partial charge in [-0.05, 0) is 25.2 Å². The first-order valence-corrected chi connectivity index (χ1v) is 6.36. The molecule has 1 saturated heterocycles. The third-order valence-electron chi connectivity index (χ3n) is 3.25. The Bertz CT molecular complexity index is 236. The van der Waals surface area contributed by atoms with Gasteiger partial charge in [0.05, 0.1) is 12.6 Å². The van der Waals surface area contributed by atoms with Crippen molar-refractivity contribution in [2.45, 2.75) is 32.2 Å². The molecule has 0 bridgehead atoms. The fraction of sp³-hybridized carbons (Fsp3) is 0.917. The number of nitrogens with one attached hydrogen (secondary N) is 1. The summed E-state index contributed by atoms with van der Waals surface area (Å²) in [6, 6.07) is 0.0362. The number of urea groups is 1. The van der Waals surface area contributed by atoms with Gasteiger partial charge in [-0.2, -0.15) is 0 Å². The zero-order valence-electron chi connectivity index (χ0n) is 10.8. The van der Waals surface area contributed by atoms with Crippen molar-refractivity contribution in [3.05, 3.63) is 0 Å². The summed E-state index contributed by atoms with van der Waals surface area (Å²) in [5, 5.41) is 12.1. The lowest BCUT2D eigenvalue weighted by atomic mass is 9.99. The minimum absolute atomic E-state index is 0.0351. The normalized spacial score (nSPS) is 22.3. The van der Waals surface area contributed by atoms with E-state index in [0.717, 1.165) is 25.8 Å². The number of aliphatic hydroxyl groups is 1. The molecule has 100 valence electrons. The molecular weight excluding hydrogens is 220 g/mol. The molecule has 0 aromatic rings. The van der Waals surface area contributed by atoms with Crippen LogP contribution in [0.3, 0.4) is 0 Å². The predicted octanol–water partition coefficient (Wildman–Crippen LogP) is 0.825. The van der Waals surface area contributed by atoms with Crippen LogP contribution in [0.1, 0.15) is 26.2 Å². The Kier molecular flexibility index (Phi) is 6.29. The van der Waals surface area contributed by atoms with Crippen LogP contribution in [0.25, 0.3) is 0 Å². The number of methoxy groups -OCH3 is 1. The second-order valence-electron chi connectivity index (χ2n) is 4.65. The Hall–Kier alpha value is -0.810. The SMILES string of the molecule is CCC(COC)NC(=O)N1CCCC(CO)C1. The van der Waals surface area contributed by atoms with Crippen LogP contribution in [0.5, 0.6) is 0 Å². The van der Waals surface area contributed by atoms with Gasteiger partial charge in [-0.15, -0.1) is 0 Å². The molecule has 17 heavy (non-hydrogen) atoms. The van der Waals surface area contributed by atoms with Crippen LogP contribution in [-0.2, 0) is 4.74 Å². The fourth-order valence-electron chi connectivity index (χ4n) is 2.13. The number of rotatable bonds is 5. The summed E-state index contributed by atoms with van der Waals surface area (Å²) in [6.45, 7) is 4.17. The maximum Gasteiger partial charge on any atom is 0.317 e. The van der Waals surface area contributed by atoms with Gasteiger partial charge in [0.15, 0.2) is 0 Å². The molecule has 0 aromatic carbocycles. The van der Waals surface area contributed by atoms with Gasteiger partial charge in [-0.25, -0.2) is 4.79 Å². The number of carbonyl (C=O) groups excluding carboxylic acids is 1. The molecule has 0 aromatic heterocycles. The molecular formula is C12H24N2O3. The summed E-state index contributed by atoms with van der Waals surface area (Å²) in [5.74, 6) is 0.233. The summed E-state index contributed by atoms with van der Waals surface area (Å²) in [7, 11) is 1.64. The van der Waals surface area contributed by atoms with E-state index in [1.807, 2.05) is 6.92 Å². The van der Waals surface area contributed by atoms with Gasteiger partial charge in [0.2, 0.25) is 0 Å². The van der Waals surface area contributed by atoms with Gasteiger partial charge in [0.1, 0.15) is 0 Å². The summed E-state index contributed by atoms with van der Waals surface area (Å²) < 4.78 is 5.05. The molecule has 1 heterocycles. The summed E-state index contributed by atoms with van der Waals surface area (Å²) >= 11 is 0. The fourth-order valence-corrected chi connectivity index (χ4v) is 2.13. The molecule has 1 aliphatic rings. The highest BCUT2D eigenvalue weighted by Crippen LogP contribution is 2.15. The van der Waals surface area contributed by atoms with Crippen molar-refractivity contribution in [2.24, 2.45) is 5.92 Å². The molecule has 5 nitrogen and oxygen atoms in total. The Labute approximate surface area is 103 Å². The maximum atomic E-state index is 12.0. The number of hydrogen-bond acceptors (Lipinski definition) is 3. The highest BCUT2D eigenvalue weighted by molar-refractivity contribution is 5.74. The number of piperidine rings is 1. The molecule has 0 saturated carbocycles. The quantitative estimate of drug-likeness (QED) is 0.753. The second kappa shape index (κ2) is 7.50. The van der Waals surface area contributed by atoms with Gasteiger partial charge in [0, 0.05) is 26.8 Å². The van der Waals surface area contributed by atoms with Crippen LogP contribution in [0.2, 0.25) is 0 Å². The predicted molar refractivity (Wildman–Crippen MR) is 65.9 cm³/mol. The Morgan fingerprint density at radius 2 is 2.41 bits per heavy atom. The first kappa shape index (κ1) is 14.3. The van der Waals surface area contributed by atoms with Gasteiger partial charge < -0.3 is 20.1 Å². The molecule has 2 unspecified atom stereocenters. The van der Waals surface area contributed by atoms with Crippen molar-refractivity contribution in [2.75, 3.05) is 33.4 Å². The average molecular weight is 244 g/mol. The molecule has 0 radical (unpaired) electrons. The number of carbonyl (C=O) groups is 1. The summed E-state index contributed by atoms with van der Waals surface area (Å²) in [4.78, 5) is 13.8. The summed E-state index contributed by atoms with van der Waals surface area (Å²) in [6.07, 6.45) is 2.84. The molecule has 2 amide bonds. The third-order valence-corrected chi connectivity index (χ3v) is 3.25. The lowest BCUT2D eigenvalue weighted by molar-refractivity contribution is 0.120. The first-order chi connectivity index (χ1) is 8.21. The van der Waals surface area contributed by atoms with E-state index in [-0.39, 0.29) is 24.6 Å². The number of amides is 2. The monoisotopic (exact) mass is 244 g/mol. The lowest BCUT2D eigenvalue weighted by Crippen LogP contribution is -2.50. The van der Waals surface area contributed by atoms with E-state index in [0.29, 0.717) is 13.2 Å². The number of hydrogen-bond donors (Lipinski definition) is 2. The van der Waals surface area contributed by atoms with Crippen molar-refractivity contribution in [3.63, 3.8) is 0 Å². The van der Waals surface area contributed by atoms with Crippen LogP contribution < -0.4 is 5.32 Å². The topological polar surface area (TPSA) is 61.8 Å². The van der Waals surface area contributed by atoms with Gasteiger partial charge in [-0.3, -0.25) is 0 Å². The van der Waals surface area contributed by atoms with Crippen LogP contribution in [-0.4, -0.2) is 55.5 Å². The third kappa shape index (κ3) is 4.52. The van der Waals surface area contributed by atoms with Crippen molar-refractivity contribution < 1.29 is 14.6 Å². The number of ether oxygens (including phenoxy) is 1. The van der Waals surface area contributed by atoms with E-state index in [2.05, 4.69) is 5.32 Å². The van der Waals surface area contributed by atoms with Crippen LogP contribution >= 0.6 is 0 Å². The lowest BCUT2D eigenvalue weighted by Gasteiger charge is -2.33. The van der Waals surface area contributed by atoms with Gasteiger partial charge >= 0.3 is 6.03 Å². The minimum atomic E-state index is -0.0351. The second-order valence-corrected chi connectivity index (χ2v) is 4.65. The molecule has 2 N–H and O–H groups in total. The Morgan fingerprint density at radius 3 is 3.00 bits per heavy atom. The highest BCUT2D eigenvalue weighted by atomic mass is 16.5. The standard InChI is InChI=1S/C12H24N2O3/c1-3-11(9-17-2)13-12(16)14-6-4-5-10(7-14)8-15/h10-11,15H,3-9H2,1-2H3,(H,13,16). The average Bonchev–Trinajstić information content (AvgIpc) is 2.38. The van der Waals surface area contributed by atoms with E-state index in [9.17, 15) is 4.79 Å². The van der Waals surface area contributed by atoms with Crippen LogP contribution in [0, 0.1) is 5.92 Å². The molecule has 0 spiro atoms. The smallest absolute Gasteiger partial charge is 0.317 e. The van der Waals surface area contributed by atoms with Crippen LogP contribution in [0.15, 0.2) is 0 Å². The minimum Gasteiger partial charge on any atom is -0.396 e. The van der Waals surface area contributed by atoms with Crippen LogP contribution in [0.4, 0.5) is 4.79 Å². The maximum absolute atomic E-state index is 12.0. The first-order valence-electron chi connectivity index (χ1n) is 6.36. The Balaban J connectivity index is 2.40. The van der Waals surface area contributed by atoms with Gasteiger partial charge in [0.25, 0.3) is 0 Å². The zero-order valence-corrected chi connectivity index (χ0v) is 10.8. The highest BCUT2D eigenvalue weighted by Gasteiger charge is 2.24. The molecule has 0 aliphatic carbocycles. The summed E-state index contributed by atoms with van der Waals surface area (Å²) in [5.41, 5.74) is 0. The molecule has 2 atom stereocenters. The molecule has 1 fully saturated rings. The van der Waals surface area contributed by atoms with E-state index in [1.54, 1.807) is 12.0 Å². The molecule has 1 aliphatic heterocycles. The van der Waals surface area contributed by atoms with Crippen molar-refractivity contribution >= 4 is 6.03 Å². The number of nitrogens with zero attached hydrogens (tertiary/aromatic N) is 1. The van der Waals surface area contributed by atoms with Crippen molar-refractivity contribution in [1.82, 2.24) is 10.2 Å². The molecule has 1 rings (SSSR count). The van der Waals surface area contributed by atoms with E-state index in [4.69, 9.17) is 9.84 Å². The Morgan fingerprint density at radius 1 is 1.65 bits per heavy atom. The van der Waals surface area contributed by atoms with E-state index in [1.165, 1.54) is 0 Å². The van der Waals surface area contributed by atoms with Crippen molar-refractivity contribution in [3.8, 4) is 0 Å². The van der Waals surface area contributed by atoms with Gasteiger partial charge in [-0.1, -0.05) is 6.92 Å². The number of likely N-dealkylation sites (tertiary alicyclic amines) is 1. The number of aliphatic hydroxyl groups excluding tert-OH is 1. The largest absolute Gasteiger partial charge is 0.396 e.